The lowest BCUT2D eigenvalue weighted by molar-refractivity contribution is -0.152. The zero-order chi connectivity index (χ0) is 28.8. The second-order valence-electron chi connectivity index (χ2n) is 10.9. The van der Waals surface area contributed by atoms with E-state index in [-0.39, 0.29) is 19.6 Å². The van der Waals surface area contributed by atoms with E-state index in [1.54, 1.807) is 19.3 Å². The predicted octanol–water partition coefficient (Wildman–Crippen LogP) is 5.21. The first-order valence-electron chi connectivity index (χ1n) is 13.1. The number of likely N-dealkylation sites (tertiary alicyclic amines) is 1. The van der Waals surface area contributed by atoms with Gasteiger partial charge < -0.3 is 24.4 Å². The highest BCUT2D eigenvalue weighted by molar-refractivity contribution is 5.93. The van der Waals surface area contributed by atoms with Crippen molar-refractivity contribution in [3.05, 3.63) is 66.8 Å². The zero-order valence-corrected chi connectivity index (χ0v) is 23.6. The normalized spacial score (nSPS) is 19.8. The molecule has 8 heteroatoms. The van der Waals surface area contributed by atoms with Gasteiger partial charge in [-0.2, -0.15) is 0 Å². The number of methoxy groups -OCH3 is 2. The lowest BCUT2D eigenvalue weighted by Gasteiger charge is -2.35. The summed E-state index contributed by atoms with van der Waals surface area (Å²) >= 11 is 0. The van der Waals surface area contributed by atoms with Crippen LogP contribution >= 0.6 is 0 Å². The SMILES string of the molecule is C=CCCCOC(=O)N[C@H](C(=O)N1C[C@](OC)(c2cc(C=C)c3ccccc3c2)C[C@H]1C(=O)OC)C(C)(C)C. The third-order valence-electron chi connectivity index (χ3n) is 7.27. The van der Waals surface area contributed by atoms with Gasteiger partial charge in [0.15, 0.2) is 0 Å². The van der Waals surface area contributed by atoms with Crippen LogP contribution in [-0.2, 0) is 29.4 Å². The average Bonchev–Trinajstić information content (AvgIpc) is 3.33. The molecule has 1 aliphatic rings. The number of hydrogen-bond donors (Lipinski definition) is 1. The Morgan fingerprint density at radius 2 is 1.90 bits per heavy atom. The molecule has 2 aromatic carbocycles. The molecule has 0 unspecified atom stereocenters. The van der Waals surface area contributed by atoms with Gasteiger partial charge >= 0.3 is 12.1 Å². The third kappa shape index (κ3) is 6.50. The van der Waals surface area contributed by atoms with E-state index in [9.17, 15) is 14.4 Å². The molecular weight excluding hydrogens is 496 g/mol. The van der Waals surface area contributed by atoms with E-state index in [2.05, 4.69) is 18.5 Å². The van der Waals surface area contributed by atoms with Gasteiger partial charge in [-0.1, -0.05) is 63.8 Å². The Morgan fingerprint density at radius 1 is 1.18 bits per heavy atom. The van der Waals surface area contributed by atoms with Crippen molar-refractivity contribution in [2.45, 2.75) is 57.7 Å². The van der Waals surface area contributed by atoms with E-state index in [1.807, 2.05) is 57.2 Å². The molecule has 0 spiro atoms. The highest BCUT2D eigenvalue weighted by atomic mass is 16.5. The number of benzene rings is 2. The fraction of sp³-hybridized carbons (Fsp3) is 0.452. The Labute approximate surface area is 231 Å². The summed E-state index contributed by atoms with van der Waals surface area (Å²) in [4.78, 5) is 41.1. The summed E-state index contributed by atoms with van der Waals surface area (Å²) in [5, 5.41) is 4.77. The van der Waals surface area contributed by atoms with Crippen LogP contribution < -0.4 is 5.32 Å². The number of carbonyl (C=O) groups excluding carboxylic acids is 3. The van der Waals surface area contributed by atoms with Crippen LogP contribution in [0.4, 0.5) is 4.79 Å². The predicted molar refractivity (Wildman–Crippen MR) is 152 cm³/mol. The highest BCUT2D eigenvalue weighted by Crippen LogP contribution is 2.42. The summed E-state index contributed by atoms with van der Waals surface area (Å²) in [5.41, 5.74) is 0.0936. The quantitative estimate of drug-likeness (QED) is 0.255. The number of carbonyl (C=O) groups is 3. The Balaban J connectivity index is 1.99. The maximum Gasteiger partial charge on any atom is 0.407 e. The molecule has 0 bridgehead atoms. The van der Waals surface area contributed by atoms with Crippen LogP contribution in [0.3, 0.4) is 0 Å². The second-order valence-corrected chi connectivity index (χ2v) is 10.9. The van der Waals surface area contributed by atoms with Gasteiger partial charge in [0.25, 0.3) is 0 Å². The molecule has 1 saturated heterocycles. The minimum atomic E-state index is -0.982. The maximum atomic E-state index is 14.1. The van der Waals surface area contributed by atoms with Gasteiger partial charge in [0.05, 0.1) is 20.3 Å². The zero-order valence-electron chi connectivity index (χ0n) is 23.6. The van der Waals surface area contributed by atoms with Crippen LogP contribution in [0.15, 0.2) is 55.6 Å². The minimum Gasteiger partial charge on any atom is -0.467 e. The maximum absolute atomic E-state index is 14.1. The van der Waals surface area contributed by atoms with Crippen molar-refractivity contribution in [3.63, 3.8) is 0 Å². The number of esters is 1. The molecule has 1 aliphatic heterocycles. The lowest BCUT2D eigenvalue weighted by atomic mass is 9.85. The van der Waals surface area contributed by atoms with E-state index in [1.165, 1.54) is 12.0 Å². The average molecular weight is 537 g/mol. The van der Waals surface area contributed by atoms with Crippen LogP contribution in [0.1, 0.15) is 51.2 Å². The molecule has 0 radical (unpaired) electrons. The van der Waals surface area contributed by atoms with E-state index in [0.29, 0.717) is 12.8 Å². The lowest BCUT2D eigenvalue weighted by Crippen LogP contribution is -2.57. The molecule has 3 atom stereocenters. The fourth-order valence-corrected chi connectivity index (χ4v) is 5.06. The summed E-state index contributed by atoms with van der Waals surface area (Å²) < 4.78 is 16.5. The number of amides is 2. The van der Waals surface area contributed by atoms with Crippen LogP contribution in [0.25, 0.3) is 16.8 Å². The number of alkyl carbamates (subject to hydrolysis) is 1. The van der Waals surface area contributed by atoms with Gasteiger partial charge in [-0.05, 0) is 52.3 Å². The van der Waals surface area contributed by atoms with Gasteiger partial charge in [-0.25, -0.2) is 9.59 Å². The van der Waals surface area contributed by atoms with Crippen LogP contribution in [-0.4, -0.2) is 62.3 Å². The van der Waals surface area contributed by atoms with Gasteiger partial charge in [0.1, 0.15) is 17.7 Å². The molecule has 8 nitrogen and oxygen atoms in total. The van der Waals surface area contributed by atoms with Gasteiger partial charge in [-0.3, -0.25) is 4.79 Å². The Hall–Kier alpha value is -3.65. The van der Waals surface area contributed by atoms with Crippen molar-refractivity contribution in [2.24, 2.45) is 5.41 Å². The molecule has 0 saturated carbocycles. The molecule has 2 amide bonds. The number of nitrogens with one attached hydrogen (secondary N) is 1. The molecule has 0 aromatic heterocycles. The van der Waals surface area contributed by atoms with Crippen molar-refractivity contribution in [1.29, 1.82) is 0 Å². The Kier molecular flexibility index (Phi) is 9.56. The van der Waals surface area contributed by atoms with E-state index in [4.69, 9.17) is 14.2 Å². The van der Waals surface area contributed by atoms with Crippen LogP contribution in [0.2, 0.25) is 0 Å². The van der Waals surface area contributed by atoms with Crippen molar-refractivity contribution in [2.75, 3.05) is 27.4 Å². The van der Waals surface area contributed by atoms with Crippen molar-refractivity contribution < 1.29 is 28.6 Å². The van der Waals surface area contributed by atoms with Crippen molar-refractivity contribution in [1.82, 2.24) is 10.2 Å². The third-order valence-corrected chi connectivity index (χ3v) is 7.27. The van der Waals surface area contributed by atoms with E-state index < -0.39 is 41.1 Å². The molecular formula is C31H40N2O6. The molecule has 1 N–H and O–H groups in total. The topological polar surface area (TPSA) is 94.2 Å². The Morgan fingerprint density at radius 3 is 2.51 bits per heavy atom. The monoisotopic (exact) mass is 536 g/mol. The van der Waals surface area contributed by atoms with E-state index in [0.717, 1.165) is 21.9 Å². The van der Waals surface area contributed by atoms with Crippen molar-refractivity contribution in [3.8, 4) is 0 Å². The van der Waals surface area contributed by atoms with Crippen LogP contribution in [0.5, 0.6) is 0 Å². The number of hydrogen-bond acceptors (Lipinski definition) is 6. The smallest absolute Gasteiger partial charge is 0.407 e. The molecule has 0 aliphatic carbocycles. The van der Waals surface area contributed by atoms with E-state index >= 15 is 0 Å². The van der Waals surface area contributed by atoms with Gasteiger partial charge in [0, 0.05) is 13.5 Å². The number of rotatable bonds is 10. The first kappa shape index (κ1) is 29.9. The first-order chi connectivity index (χ1) is 18.5. The van der Waals surface area contributed by atoms with Crippen LogP contribution in [0, 0.1) is 5.41 Å². The first-order valence-corrected chi connectivity index (χ1v) is 13.1. The highest BCUT2D eigenvalue weighted by Gasteiger charge is 2.53. The molecule has 39 heavy (non-hydrogen) atoms. The number of nitrogens with zero attached hydrogens (tertiary/aromatic N) is 1. The summed E-state index contributed by atoms with van der Waals surface area (Å²) in [5.74, 6) is -0.962. The number of ether oxygens (including phenoxy) is 3. The Bertz CT molecular complexity index is 1230. The molecule has 3 rings (SSSR count). The number of fused-ring (bicyclic) bond motifs is 1. The summed E-state index contributed by atoms with van der Waals surface area (Å²) in [6.45, 7) is 13.5. The molecule has 2 aromatic rings. The fourth-order valence-electron chi connectivity index (χ4n) is 5.06. The number of allylic oxidation sites excluding steroid dienone is 1. The number of unbranched alkanes of at least 4 members (excludes halogenated alkanes) is 1. The molecule has 1 heterocycles. The minimum absolute atomic E-state index is 0.0969. The van der Waals surface area contributed by atoms with Gasteiger partial charge in [0.2, 0.25) is 5.91 Å². The summed E-state index contributed by atoms with van der Waals surface area (Å²) in [7, 11) is 2.87. The summed E-state index contributed by atoms with van der Waals surface area (Å²) in [6, 6.07) is 10.1. The molecule has 1 fully saturated rings. The van der Waals surface area contributed by atoms with Crippen molar-refractivity contribution >= 4 is 34.8 Å². The summed E-state index contributed by atoms with van der Waals surface area (Å²) in [6.07, 6.45) is 4.38. The molecule has 210 valence electrons. The second kappa shape index (κ2) is 12.5. The van der Waals surface area contributed by atoms with Gasteiger partial charge in [-0.15, -0.1) is 6.58 Å². The standard InChI is InChI=1S/C31H40N2O6/c1-8-10-13-16-39-29(36)32-26(30(3,4)5)27(34)33-20-31(38-7,19-25(33)28(35)37-6)23-17-21(9-2)24-15-12-11-14-22(24)18-23/h8-9,11-12,14-15,17-18,25-26H,1-2,10,13,16,19-20H2,3-7H3,(H,32,36)/t25-,26+,31-/m0/s1. The largest absolute Gasteiger partial charge is 0.467 e.